The Labute approximate surface area is 123 Å². The van der Waals surface area contributed by atoms with Gasteiger partial charge in [0.15, 0.2) is 5.78 Å². The van der Waals surface area contributed by atoms with E-state index in [1.807, 2.05) is 54.8 Å². The average molecular weight is 291 g/mol. The summed E-state index contributed by atoms with van der Waals surface area (Å²) in [6, 6.07) is 15.4. The summed E-state index contributed by atoms with van der Waals surface area (Å²) >= 11 is 7.60. The maximum Gasteiger partial charge on any atom is 0.163 e. The van der Waals surface area contributed by atoms with Crippen LogP contribution in [0.25, 0.3) is 0 Å². The lowest BCUT2D eigenvalue weighted by Crippen LogP contribution is -2.01. The fraction of sp³-hybridized carbons (Fsp3) is 0.188. The predicted octanol–water partition coefficient (Wildman–Crippen LogP) is 4.88. The lowest BCUT2D eigenvalue weighted by atomic mass is 10.0. The molecule has 0 atom stereocenters. The molecule has 0 heterocycles. The molecule has 0 radical (unpaired) electrons. The molecule has 0 aliphatic rings. The summed E-state index contributed by atoms with van der Waals surface area (Å²) in [6.45, 7) is 0. The number of hydrogen-bond acceptors (Lipinski definition) is 2. The van der Waals surface area contributed by atoms with E-state index in [4.69, 9.17) is 11.6 Å². The summed E-state index contributed by atoms with van der Waals surface area (Å²) in [4.78, 5) is 13.2. The Morgan fingerprint density at radius 3 is 2.53 bits per heavy atom. The van der Waals surface area contributed by atoms with Gasteiger partial charge in [0.2, 0.25) is 0 Å². The zero-order valence-corrected chi connectivity index (χ0v) is 12.3. The Morgan fingerprint density at radius 1 is 1.16 bits per heavy atom. The summed E-state index contributed by atoms with van der Waals surface area (Å²) in [7, 11) is 0. The van der Waals surface area contributed by atoms with Crippen LogP contribution in [0.1, 0.15) is 22.3 Å². The van der Waals surface area contributed by atoms with Crippen molar-refractivity contribution < 1.29 is 4.79 Å². The molecule has 0 aliphatic heterocycles. The number of carbonyl (C=O) groups is 1. The van der Waals surface area contributed by atoms with Gasteiger partial charge in [0, 0.05) is 21.9 Å². The monoisotopic (exact) mass is 290 g/mol. The maximum atomic E-state index is 12.1. The Bertz CT molecular complexity index is 563. The molecule has 0 unspecified atom stereocenters. The van der Waals surface area contributed by atoms with Crippen molar-refractivity contribution in [2.45, 2.75) is 17.7 Å². The molecule has 2 rings (SSSR count). The molecule has 0 aromatic heterocycles. The highest BCUT2D eigenvalue weighted by Crippen LogP contribution is 2.17. The Balaban J connectivity index is 1.97. The van der Waals surface area contributed by atoms with Crippen molar-refractivity contribution in [2.24, 2.45) is 0 Å². The van der Waals surface area contributed by atoms with E-state index in [0.717, 1.165) is 17.5 Å². The van der Waals surface area contributed by atoms with Gasteiger partial charge in [-0.3, -0.25) is 4.79 Å². The zero-order valence-electron chi connectivity index (χ0n) is 10.7. The minimum atomic E-state index is 0.174. The number of ketones is 1. The largest absolute Gasteiger partial charge is 0.294 e. The number of hydrogen-bond donors (Lipinski definition) is 0. The van der Waals surface area contributed by atoms with Crippen LogP contribution in [0.2, 0.25) is 5.02 Å². The molecule has 98 valence electrons. The molecule has 19 heavy (non-hydrogen) atoms. The van der Waals surface area contributed by atoms with Crippen molar-refractivity contribution >= 4 is 29.1 Å². The normalized spacial score (nSPS) is 10.4. The second-order valence-electron chi connectivity index (χ2n) is 4.28. The van der Waals surface area contributed by atoms with Crippen LogP contribution >= 0.6 is 23.4 Å². The molecule has 0 saturated carbocycles. The highest BCUT2D eigenvalue weighted by Gasteiger charge is 2.06. The summed E-state index contributed by atoms with van der Waals surface area (Å²) in [5.41, 5.74) is 1.88. The Kier molecular flexibility index (Phi) is 5.06. The molecule has 0 aliphatic carbocycles. The van der Waals surface area contributed by atoms with Crippen LogP contribution in [0, 0.1) is 0 Å². The number of aryl methyl sites for hydroxylation is 1. The van der Waals surface area contributed by atoms with Crippen molar-refractivity contribution in [3.8, 4) is 0 Å². The summed E-state index contributed by atoms with van der Waals surface area (Å²) in [5, 5.41) is 0.717. The van der Waals surface area contributed by atoms with Gasteiger partial charge in [-0.25, -0.2) is 0 Å². The molecule has 2 aromatic rings. The number of halogens is 1. The van der Waals surface area contributed by atoms with Crippen LogP contribution in [0.15, 0.2) is 53.4 Å². The fourth-order valence-corrected chi connectivity index (χ4v) is 2.49. The van der Waals surface area contributed by atoms with Gasteiger partial charge in [-0.2, -0.15) is 0 Å². The van der Waals surface area contributed by atoms with Crippen LogP contribution in [0.3, 0.4) is 0 Å². The van der Waals surface area contributed by atoms with Crippen LogP contribution in [-0.2, 0) is 6.42 Å². The van der Waals surface area contributed by atoms with E-state index in [9.17, 15) is 4.79 Å². The van der Waals surface area contributed by atoms with Gasteiger partial charge in [-0.05, 0) is 42.5 Å². The smallest absolute Gasteiger partial charge is 0.163 e. The third-order valence-electron chi connectivity index (χ3n) is 2.94. The van der Waals surface area contributed by atoms with E-state index in [1.54, 1.807) is 11.8 Å². The summed E-state index contributed by atoms with van der Waals surface area (Å²) in [5.74, 6) is 0.174. The topological polar surface area (TPSA) is 17.1 Å². The van der Waals surface area contributed by atoms with Crippen molar-refractivity contribution in [1.29, 1.82) is 0 Å². The zero-order chi connectivity index (χ0) is 13.7. The minimum absolute atomic E-state index is 0.174. The van der Waals surface area contributed by atoms with Crippen molar-refractivity contribution in [3.63, 3.8) is 0 Å². The standard InChI is InChI=1S/C16H15ClOS/c1-19-15-8-6-13(7-9-15)16(18)10-5-12-3-2-4-14(17)11-12/h2-4,6-9,11H,5,10H2,1H3. The van der Waals surface area contributed by atoms with Crippen molar-refractivity contribution in [3.05, 3.63) is 64.7 Å². The van der Waals surface area contributed by atoms with Gasteiger partial charge in [0.25, 0.3) is 0 Å². The van der Waals surface area contributed by atoms with Gasteiger partial charge in [0.05, 0.1) is 0 Å². The predicted molar refractivity (Wildman–Crippen MR) is 82.3 cm³/mol. The molecule has 0 spiro atoms. The van der Waals surface area contributed by atoms with Crippen molar-refractivity contribution in [1.82, 2.24) is 0 Å². The maximum absolute atomic E-state index is 12.1. The minimum Gasteiger partial charge on any atom is -0.294 e. The molecule has 3 heteroatoms. The number of Topliss-reactive ketones (excluding diaryl/α,β-unsaturated/α-hetero) is 1. The highest BCUT2D eigenvalue weighted by atomic mass is 35.5. The van der Waals surface area contributed by atoms with Gasteiger partial charge < -0.3 is 0 Å². The third-order valence-corrected chi connectivity index (χ3v) is 3.92. The Hall–Kier alpha value is -1.25. The van der Waals surface area contributed by atoms with Crippen LogP contribution in [0.4, 0.5) is 0 Å². The van der Waals surface area contributed by atoms with Gasteiger partial charge in [-0.1, -0.05) is 35.9 Å². The summed E-state index contributed by atoms with van der Waals surface area (Å²) in [6.07, 6.45) is 3.26. The van der Waals surface area contributed by atoms with E-state index in [0.29, 0.717) is 11.4 Å². The first kappa shape index (κ1) is 14.2. The molecule has 0 amide bonds. The summed E-state index contributed by atoms with van der Waals surface area (Å²) < 4.78 is 0. The Morgan fingerprint density at radius 2 is 1.89 bits per heavy atom. The number of thioether (sulfide) groups is 1. The van der Waals surface area contributed by atoms with Crippen LogP contribution < -0.4 is 0 Å². The van der Waals surface area contributed by atoms with E-state index < -0.39 is 0 Å². The molecular weight excluding hydrogens is 276 g/mol. The number of carbonyl (C=O) groups excluding carboxylic acids is 1. The molecule has 0 bridgehead atoms. The number of rotatable bonds is 5. The second-order valence-corrected chi connectivity index (χ2v) is 5.60. The SMILES string of the molecule is CSc1ccc(C(=O)CCc2cccc(Cl)c2)cc1. The molecule has 0 fully saturated rings. The first-order valence-electron chi connectivity index (χ1n) is 6.11. The average Bonchev–Trinajstić information content (AvgIpc) is 2.45. The first-order chi connectivity index (χ1) is 9.19. The molecule has 0 saturated heterocycles. The highest BCUT2D eigenvalue weighted by molar-refractivity contribution is 7.98. The molecular formula is C16H15ClOS. The van der Waals surface area contributed by atoms with Crippen LogP contribution in [-0.4, -0.2) is 12.0 Å². The van der Waals surface area contributed by atoms with E-state index in [2.05, 4.69) is 0 Å². The molecule has 1 nitrogen and oxygen atoms in total. The van der Waals surface area contributed by atoms with E-state index >= 15 is 0 Å². The number of benzene rings is 2. The quantitative estimate of drug-likeness (QED) is 0.577. The first-order valence-corrected chi connectivity index (χ1v) is 7.71. The van der Waals surface area contributed by atoms with Gasteiger partial charge in [-0.15, -0.1) is 11.8 Å². The lowest BCUT2D eigenvalue weighted by molar-refractivity contribution is 0.0983. The lowest BCUT2D eigenvalue weighted by Gasteiger charge is -2.03. The third kappa shape index (κ3) is 4.12. The van der Waals surface area contributed by atoms with E-state index in [1.165, 1.54) is 4.90 Å². The second kappa shape index (κ2) is 6.78. The molecule has 2 aromatic carbocycles. The van der Waals surface area contributed by atoms with E-state index in [-0.39, 0.29) is 5.78 Å². The van der Waals surface area contributed by atoms with Gasteiger partial charge >= 0.3 is 0 Å². The molecule has 0 N–H and O–H groups in total. The van der Waals surface area contributed by atoms with Crippen molar-refractivity contribution in [2.75, 3.05) is 6.26 Å². The van der Waals surface area contributed by atoms with Crippen LogP contribution in [0.5, 0.6) is 0 Å². The fourth-order valence-electron chi connectivity index (χ4n) is 1.87. The van der Waals surface area contributed by atoms with Gasteiger partial charge in [0.1, 0.15) is 0 Å².